The van der Waals surface area contributed by atoms with E-state index in [0.717, 1.165) is 11.3 Å². The summed E-state index contributed by atoms with van der Waals surface area (Å²) in [5, 5.41) is 1.20. The Labute approximate surface area is 164 Å². The number of ether oxygens (including phenoxy) is 2. The van der Waals surface area contributed by atoms with Gasteiger partial charge in [0.05, 0.1) is 30.8 Å². The van der Waals surface area contributed by atoms with Crippen LogP contribution in [0, 0.1) is 0 Å². The molecule has 1 aromatic rings. The summed E-state index contributed by atoms with van der Waals surface area (Å²) in [7, 11) is -0.630. The lowest BCUT2D eigenvalue weighted by molar-refractivity contribution is -0.118. The smallest absolute Gasteiger partial charge is 0.348 e. The van der Waals surface area contributed by atoms with Crippen LogP contribution in [-0.2, 0) is 30.5 Å². The molecule has 1 heterocycles. The van der Waals surface area contributed by atoms with Gasteiger partial charge in [-0.3, -0.25) is 4.79 Å². The molecule has 0 fully saturated rings. The third kappa shape index (κ3) is 6.73. The molecule has 1 aromatic heterocycles. The number of Topliss-reactive ketones (excluding diaryl/α,β-unsaturated/α-hetero) is 1. The molecule has 0 bridgehead atoms. The lowest BCUT2D eigenvalue weighted by atomic mass is 10.0. The van der Waals surface area contributed by atoms with Crippen molar-refractivity contribution in [2.24, 2.45) is 0 Å². The van der Waals surface area contributed by atoms with E-state index in [2.05, 4.69) is 4.74 Å². The maximum Gasteiger partial charge on any atom is 0.348 e. The number of ketones is 1. The maximum atomic E-state index is 12.2. The van der Waals surface area contributed by atoms with Gasteiger partial charge in [0.15, 0.2) is 9.84 Å². The van der Waals surface area contributed by atoms with E-state index in [1.807, 2.05) is 0 Å². The number of rotatable bonds is 11. The van der Waals surface area contributed by atoms with E-state index in [9.17, 15) is 22.8 Å². The monoisotopic (exact) mass is 418 g/mol. The Morgan fingerprint density at radius 2 is 1.67 bits per heavy atom. The van der Waals surface area contributed by atoms with Gasteiger partial charge in [-0.2, -0.15) is 0 Å². The van der Waals surface area contributed by atoms with E-state index in [4.69, 9.17) is 4.74 Å². The fraction of sp³-hybridized carbons (Fsp3) is 0.611. The largest absolute Gasteiger partial charge is 0.465 e. The van der Waals surface area contributed by atoms with Gasteiger partial charge in [0.2, 0.25) is 0 Å². The molecular weight excluding hydrogens is 392 g/mol. The summed E-state index contributed by atoms with van der Waals surface area (Å²) < 4.78 is 32.8. The number of unbranched alkanes of at least 4 members (excludes halogenated alkanes) is 2. The standard InChI is InChI=1S/C18H26O7S2/c1-12(2)27(22,23)9-7-5-6-8-14(19)10-13-11-26-16(18(21)25-4)15(13)17(20)24-3/h11-12H,5-10H2,1-4H3. The van der Waals surface area contributed by atoms with Crippen molar-refractivity contribution < 1.29 is 32.3 Å². The minimum Gasteiger partial charge on any atom is -0.465 e. The molecular formula is C18H26O7S2. The zero-order valence-corrected chi connectivity index (χ0v) is 17.7. The van der Waals surface area contributed by atoms with Crippen LogP contribution in [0.25, 0.3) is 0 Å². The van der Waals surface area contributed by atoms with Gasteiger partial charge < -0.3 is 9.47 Å². The second kappa shape index (κ2) is 10.6. The van der Waals surface area contributed by atoms with Gasteiger partial charge in [-0.05, 0) is 37.6 Å². The van der Waals surface area contributed by atoms with E-state index >= 15 is 0 Å². The van der Waals surface area contributed by atoms with E-state index in [1.54, 1.807) is 19.2 Å². The molecule has 0 saturated carbocycles. The lowest BCUT2D eigenvalue weighted by Crippen LogP contribution is -2.17. The van der Waals surface area contributed by atoms with Gasteiger partial charge in [-0.25, -0.2) is 18.0 Å². The zero-order valence-electron chi connectivity index (χ0n) is 16.1. The van der Waals surface area contributed by atoms with Gasteiger partial charge in [-0.15, -0.1) is 11.3 Å². The number of sulfone groups is 1. The molecule has 0 aliphatic heterocycles. The van der Waals surface area contributed by atoms with E-state index in [0.29, 0.717) is 24.8 Å². The van der Waals surface area contributed by atoms with Crippen LogP contribution in [0.1, 0.15) is 65.1 Å². The molecule has 0 aromatic carbocycles. The third-order valence-electron chi connectivity index (χ3n) is 4.12. The van der Waals surface area contributed by atoms with Gasteiger partial charge in [0.1, 0.15) is 10.7 Å². The van der Waals surface area contributed by atoms with Crippen molar-refractivity contribution in [1.29, 1.82) is 0 Å². The van der Waals surface area contributed by atoms with Crippen LogP contribution in [-0.4, -0.2) is 51.4 Å². The second-order valence-corrected chi connectivity index (χ2v) is 9.95. The number of hydrogen-bond donors (Lipinski definition) is 0. The number of carbonyl (C=O) groups is 3. The molecule has 0 amide bonds. The number of thiophene rings is 1. The molecule has 0 radical (unpaired) electrons. The first-order valence-electron chi connectivity index (χ1n) is 8.64. The highest BCUT2D eigenvalue weighted by atomic mass is 32.2. The molecule has 0 atom stereocenters. The van der Waals surface area contributed by atoms with Crippen molar-refractivity contribution in [2.75, 3.05) is 20.0 Å². The Morgan fingerprint density at radius 3 is 2.22 bits per heavy atom. The molecule has 0 aliphatic rings. The summed E-state index contributed by atoms with van der Waals surface area (Å²) in [5.74, 6) is -1.29. The summed E-state index contributed by atoms with van der Waals surface area (Å²) in [6.07, 6.45) is 2.03. The van der Waals surface area contributed by atoms with Crippen molar-refractivity contribution in [2.45, 2.75) is 51.2 Å². The minimum absolute atomic E-state index is 0.0161. The van der Waals surface area contributed by atoms with E-state index < -0.39 is 27.0 Å². The van der Waals surface area contributed by atoms with Gasteiger partial charge in [0, 0.05) is 12.8 Å². The van der Waals surface area contributed by atoms with E-state index in [1.165, 1.54) is 14.2 Å². The summed E-state index contributed by atoms with van der Waals surface area (Å²) in [6.45, 7) is 3.31. The molecule has 9 heteroatoms. The number of hydrogen-bond acceptors (Lipinski definition) is 8. The topological polar surface area (TPSA) is 104 Å². The normalized spacial score (nSPS) is 11.4. The van der Waals surface area contributed by atoms with Crippen LogP contribution in [0.15, 0.2) is 5.38 Å². The van der Waals surface area contributed by atoms with Crippen LogP contribution in [0.5, 0.6) is 0 Å². The van der Waals surface area contributed by atoms with Crippen molar-refractivity contribution >= 4 is 38.9 Å². The molecule has 0 aliphatic carbocycles. The molecule has 27 heavy (non-hydrogen) atoms. The first-order valence-corrected chi connectivity index (χ1v) is 11.2. The number of esters is 2. The fourth-order valence-electron chi connectivity index (χ4n) is 2.43. The van der Waals surface area contributed by atoms with Crippen LogP contribution >= 0.6 is 11.3 Å². The van der Waals surface area contributed by atoms with Crippen molar-refractivity contribution in [3.05, 3.63) is 21.4 Å². The average molecular weight is 419 g/mol. The summed E-state index contributed by atoms with van der Waals surface area (Å²) in [5.41, 5.74) is 0.519. The van der Waals surface area contributed by atoms with Crippen molar-refractivity contribution in [3.63, 3.8) is 0 Å². The third-order valence-corrected chi connectivity index (χ3v) is 7.42. The van der Waals surface area contributed by atoms with Gasteiger partial charge in [-0.1, -0.05) is 6.42 Å². The Morgan fingerprint density at radius 1 is 1.04 bits per heavy atom. The van der Waals surface area contributed by atoms with Gasteiger partial charge >= 0.3 is 11.9 Å². The minimum atomic E-state index is -3.05. The molecule has 1 rings (SSSR count). The highest BCUT2D eigenvalue weighted by Crippen LogP contribution is 2.25. The van der Waals surface area contributed by atoms with Crippen molar-refractivity contribution in [3.8, 4) is 0 Å². The van der Waals surface area contributed by atoms with E-state index in [-0.39, 0.29) is 34.8 Å². The fourth-order valence-corrected chi connectivity index (χ4v) is 4.48. The highest BCUT2D eigenvalue weighted by molar-refractivity contribution is 7.91. The molecule has 7 nitrogen and oxygen atoms in total. The Hall–Kier alpha value is -1.74. The maximum absolute atomic E-state index is 12.2. The Kier molecular flexibility index (Phi) is 9.11. The molecule has 0 saturated heterocycles. The SMILES string of the molecule is COC(=O)c1scc(CC(=O)CCCCCS(=O)(=O)C(C)C)c1C(=O)OC. The predicted molar refractivity (Wildman–Crippen MR) is 103 cm³/mol. The van der Waals surface area contributed by atoms with Crippen LogP contribution in [0.2, 0.25) is 0 Å². The lowest BCUT2D eigenvalue weighted by Gasteiger charge is -2.07. The zero-order chi connectivity index (χ0) is 20.6. The first kappa shape index (κ1) is 23.3. The van der Waals surface area contributed by atoms with Crippen LogP contribution in [0.4, 0.5) is 0 Å². The summed E-state index contributed by atoms with van der Waals surface area (Å²) >= 11 is 1.04. The molecule has 0 spiro atoms. The second-order valence-electron chi connectivity index (χ2n) is 6.39. The molecule has 0 unspecified atom stereocenters. The summed E-state index contributed by atoms with van der Waals surface area (Å²) in [6, 6.07) is 0. The summed E-state index contributed by atoms with van der Waals surface area (Å²) in [4.78, 5) is 36.1. The molecule has 152 valence electrons. The average Bonchev–Trinajstić information content (AvgIpc) is 3.03. The van der Waals surface area contributed by atoms with Crippen LogP contribution < -0.4 is 0 Å². The Bertz CT molecular complexity index is 776. The first-order chi connectivity index (χ1) is 12.6. The number of carbonyl (C=O) groups excluding carboxylic acids is 3. The predicted octanol–water partition coefficient (Wildman–Crippen LogP) is 2.82. The number of methoxy groups -OCH3 is 2. The molecule has 0 N–H and O–H groups in total. The highest BCUT2D eigenvalue weighted by Gasteiger charge is 2.25. The van der Waals surface area contributed by atoms with Gasteiger partial charge in [0.25, 0.3) is 0 Å². The van der Waals surface area contributed by atoms with Crippen LogP contribution in [0.3, 0.4) is 0 Å². The quantitative estimate of drug-likeness (QED) is 0.402. The Balaban J connectivity index is 2.61. The van der Waals surface area contributed by atoms with Crippen molar-refractivity contribution in [1.82, 2.24) is 0 Å².